The second-order valence-electron chi connectivity index (χ2n) is 8.74. The zero-order valence-corrected chi connectivity index (χ0v) is 22.4. The summed E-state index contributed by atoms with van der Waals surface area (Å²) in [5.74, 6) is 0.893. The number of rotatable bonds is 7. The Morgan fingerprint density at radius 3 is 1.14 bits per heavy atom. The molecule has 0 aliphatic rings. The molecule has 0 spiro atoms. The molecule has 0 aliphatic heterocycles. The summed E-state index contributed by atoms with van der Waals surface area (Å²) in [6.07, 6.45) is 4.48. The van der Waals surface area contributed by atoms with Crippen LogP contribution in [0.25, 0.3) is 33.4 Å². The molecule has 0 radical (unpaired) electrons. The molecule has 0 unspecified atom stereocenters. The first-order valence-corrected chi connectivity index (χ1v) is 12.5. The van der Waals surface area contributed by atoms with Crippen molar-refractivity contribution in [2.75, 3.05) is 0 Å². The van der Waals surface area contributed by atoms with Crippen LogP contribution in [0.3, 0.4) is 0 Å². The Morgan fingerprint density at radius 2 is 0.810 bits per heavy atom. The second kappa shape index (κ2) is 12.8. The normalized spacial score (nSPS) is 9.86. The molecule has 4 aromatic carbocycles. The number of carboxylic acid groups (broad SMARTS) is 2. The summed E-state index contributed by atoms with van der Waals surface area (Å²) in [6.45, 7) is 3.08. The molecule has 8 nitrogen and oxygen atoms in total. The fourth-order valence-electron chi connectivity index (χ4n) is 4.27. The molecule has 0 amide bonds. The van der Waals surface area contributed by atoms with Crippen LogP contribution in [0.4, 0.5) is 0 Å². The van der Waals surface area contributed by atoms with Crippen LogP contribution >= 0.6 is 0 Å². The molecule has 0 saturated carbocycles. The van der Waals surface area contributed by atoms with Crippen LogP contribution in [-0.2, 0) is 9.47 Å². The van der Waals surface area contributed by atoms with Crippen LogP contribution in [0.15, 0.2) is 84.9 Å². The lowest BCUT2D eigenvalue weighted by molar-refractivity contribution is 0.0653. The topological polar surface area (TPSA) is 127 Å². The van der Waals surface area contributed by atoms with Crippen molar-refractivity contribution in [1.82, 2.24) is 0 Å². The van der Waals surface area contributed by atoms with Crippen molar-refractivity contribution in [3.63, 3.8) is 0 Å². The van der Waals surface area contributed by atoms with E-state index in [1.165, 1.54) is 37.3 Å². The van der Waals surface area contributed by atoms with Gasteiger partial charge in [0.15, 0.2) is 0 Å². The van der Waals surface area contributed by atoms with Crippen molar-refractivity contribution in [2.24, 2.45) is 0 Å². The number of hydrogen-bond acceptors (Lipinski definition) is 6. The monoisotopic (exact) mass is 558 g/mol. The van der Waals surface area contributed by atoms with E-state index in [1.54, 1.807) is 61.5 Å². The smallest absolute Gasteiger partial charge is 0.352 e. The van der Waals surface area contributed by atoms with Crippen molar-refractivity contribution >= 4 is 23.9 Å². The van der Waals surface area contributed by atoms with Gasteiger partial charge >= 0.3 is 23.9 Å². The zero-order valence-electron chi connectivity index (χ0n) is 22.4. The molecule has 2 N–H and O–H groups in total. The van der Waals surface area contributed by atoms with Gasteiger partial charge in [-0.1, -0.05) is 72.5 Å². The first-order valence-electron chi connectivity index (χ1n) is 12.5. The number of hydrogen-bond donors (Lipinski definition) is 2. The number of aromatic carboxylic acids is 2. The van der Waals surface area contributed by atoms with Crippen molar-refractivity contribution < 1.29 is 38.9 Å². The highest BCUT2D eigenvalue weighted by Crippen LogP contribution is 2.35. The Bertz CT molecular complexity index is 1810. The Morgan fingerprint density at radius 1 is 0.500 bits per heavy atom. The standard InChI is InChI=1S/C34H22O8/c1-3-19-41-33(39)25-13-7-22(8-14-25)21-5-9-23(10-6-21)27-17-18-28(30(32(37)38)29(27)31(35)36)24-11-15-26(16-12-24)34(40)42-20-4-2/h5-18H,1-2H3,(H,35,36)(H,37,38). The summed E-state index contributed by atoms with van der Waals surface area (Å²) in [5, 5.41) is 20.2. The zero-order chi connectivity index (χ0) is 30.2. The number of esters is 2. The van der Waals surface area contributed by atoms with Crippen LogP contribution in [-0.4, -0.2) is 34.1 Å². The van der Waals surface area contributed by atoms with Crippen molar-refractivity contribution in [3.8, 4) is 57.4 Å². The second-order valence-corrected chi connectivity index (χ2v) is 8.74. The third-order valence-corrected chi connectivity index (χ3v) is 6.21. The van der Waals surface area contributed by atoms with E-state index in [4.69, 9.17) is 9.47 Å². The molecule has 0 atom stereocenters. The van der Waals surface area contributed by atoms with E-state index < -0.39 is 23.9 Å². The van der Waals surface area contributed by atoms with Gasteiger partial charge in [-0.05, 0) is 57.6 Å². The largest absolute Gasteiger partial charge is 0.478 e. The fourth-order valence-corrected chi connectivity index (χ4v) is 4.27. The predicted octanol–water partition coefficient (Wildman–Crippen LogP) is 6.36. The minimum Gasteiger partial charge on any atom is -0.478 e. The van der Waals surface area contributed by atoms with Crippen molar-refractivity contribution in [1.29, 1.82) is 0 Å². The summed E-state index contributed by atoms with van der Waals surface area (Å²) in [6, 6.07) is 22.6. The van der Waals surface area contributed by atoms with Crippen LogP contribution in [0.5, 0.6) is 0 Å². The Hall–Kier alpha value is -6.12. The van der Waals surface area contributed by atoms with Crippen LogP contribution in [0.2, 0.25) is 0 Å². The molecule has 4 aromatic rings. The van der Waals surface area contributed by atoms with Gasteiger partial charge in [-0.2, -0.15) is 0 Å². The van der Waals surface area contributed by atoms with E-state index >= 15 is 0 Å². The van der Waals surface area contributed by atoms with Gasteiger partial charge in [-0.3, -0.25) is 0 Å². The number of carboxylic acids is 2. The molecular formula is C34H22O8. The summed E-state index contributed by atoms with van der Waals surface area (Å²) in [5.41, 5.74) is 2.69. The molecule has 0 heterocycles. The minimum absolute atomic E-state index is 0.178. The van der Waals surface area contributed by atoms with Gasteiger partial charge in [0.2, 0.25) is 0 Å². The van der Waals surface area contributed by atoms with Crippen molar-refractivity contribution in [3.05, 3.63) is 107 Å². The molecule has 0 fully saturated rings. The highest BCUT2D eigenvalue weighted by molar-refractivity contribution is 6.11. The highest BCUT2D eigenvalue weighted by Gasteiger charge is 2.25. The van der Waals surface area contributed by atoms with Gasteiger partial charge in [0.05, 0.1) is 22.3 Å². The van der Waals surface area contributed by atoms with Gasteiger partial charge in [0, 0.05) is 13.8 Å². The van der Waals surface area contributed by atoms with Gasteiger partial charge < -0.3 is 19.7 Å². The maximum Gasteiger partial charge on any atom is 0.352 e. The van der Waals surface area contributed by atoms with E-state index in [0.717, 1.165) is 11.1 Å². The number of carbonyl (C=O) groups excluding carboxylic acids is 2. The number of benzene rings is 4. The summed E-state index contributed by atoms with van der Waals surface area (Å²) in [7, 11) is 0. The molecule has 42 heavy (non-hydrogen) atoms. The Labute approximate surface area is 241 Å². The Balaban J connectivity index is 1.69. The lowest BCUT2D eigenvalue weighted by Gasteiger charge is -2.15. The van der Waals surface area contributed by atoms with Crippen LogP contribution < -0.4 is 0 Å². The van der Waals surface area contributed by atoms with Crippen LogP contribution in [0, 0.1) is 24.1 Å². The van der Waals surface area contributed by atoms with Gasteiger partial charge in [-0.25, -0.2) is 19.2 Å². The van der Waals surface area contributed by atoms with E-state index in [0.29, 0.717) is 16.7 Å². The fraction of sp³-hybridized carbons (Fsp3) is 0.0588. The molecular weight excluding hydrogens is 536 g/mol. The molecule has 206 valence electrons. The minimum atomic E-state index is -1.41. The first kappa shape index (κ1) is 28.9. The van der Waals surface area contributed by atoms with Crippen molar-refractivity contribution in [2.45, 2.75) is 13.8 Å². The van der Waals surface area contributed by atoms with Gasteiger partial charge in [0.1, 0.15) is 12.2 Å². The summed E-state index contributed by atoms with van der Waals surface area (Å²) < 4.78 is 9.57. The van der Waals surface area contributed by atoms with Crippen LogP contribution in [0.1, 0.15) is 55.3 Å². The quantitative estimate of drug-likeness (QED) is 0.198. The van der Waals surface area contributed by atoms with E-state index in [-0.39, 0.29) is 27.8 Å². The number of ether oxygens (including phenoxy) is 2. The van der Waals surface area contributed by atoms with Gasteiger partial charge in [-0.15, -0.1) is 0 Å². The lowest BCUT2D eigenvalue weighted by Crippen LogP contribution is -2.12. The third kappa shape index (κ3) is 6.20. The van der Waals surface area contributed by atoms with E-state index in [2.05, 4.69) is 24.1 Å². The Kier molecular flexibility index (Phi) is 8.82. The number of carbonyl (C=O) groups is 4. The molecule has 0 aromatic heterocycles. The third-order valence-electron chi connectivity index (χ3n) is 6.21. The molecule has 0 bridgehead atoms. The molecule has 0 aliphatic carbocycles. The maximum atomic E-state index is 12.4. The first-order chi connectivity index (χ1) is 20.2. The summed E-state index contributed by atoms with van der Waals surface area (Å²) >= 11 is 0. The maximum absolute atomic E-state index is 12.4. The molecule has 8 heteroatoms. The highest BCUT2D eigenvalue weighted by atomic mass is 16.5. The average molecular weight is 559 g/mol. The SMILES string of the molecule is CC#COC(=O)c1ccc(-c2ccc(-c3ccc(-c4ccc(C(=O)OC#CC)cc4)c(C(=O)O)c3C(=O)O)cc2)cc1. The molecule has 0 saturated heterocycles. The lowest BCUT2D eigenvalue weighted by atomic mass is 9.88. The predicted molar refractivity (Wildman–Crippen MR) is 154 cm³/mol. The van der Waals surface area contributed by atoms with Gasteiger partial charge in [0.25, 0.3) is 0 Å². The van der Waals surface area contributed by atoms with E-state index in [9.17, 15) is 29.4 Å². The summed E-state index contributed by atoms with van der Waals surface area (Å²) in [4.78, 5) is 48.8. The average Bonchev–Trinajstić information content (AvgIpc) is 3.01. The van der Waals surface area contributed by atoms with E-state index in [1.807, 2.05) is 0 Å². The molecule has 4 rings (SSSR count).